The molecule has 6 nitrogen and oxygen atoms in total. The van der Waals surface area contributed by atoms with Gasteiger partial charge in [-0.1, -0.05) is 17.7 Å². The molecule has 1 aliphatic rings. The fourth-order valence-electron chi connectivity index (χ4n) is 3.75. The zero-order valence-electron chi connectivity index (χ0n) is 18.9. The summed E-state index contributed by atoms with van der Waals surface area (Å²) < 4.78 is 47.3. The summed E-state index contributed by atoms with van der Waals surface area (Å²) in [6.07, 6.45) is -2.01. The molecule has 1 fully saturated rings. The van der Waals surface area contributed by atoms with Crippen molar-refractivity contribution in [2.24, 2.45) is 0 Å². The molecule has 1 aromatic heterocycles. The smallest absolute Gasteiger partial charge is 0.444 e. The number of aryl methyl sites for hydroxylation is 1. The van der Waals surface area contributed by atoms with Crippen molar-refractivity contribution in [1.29, 1.82) is 0 Å². The maximum absolute atomic E-state index is 12.6. The lowest BCUT2D eigenvalue weighted by Crippen LogP contribution is -2.49. The lowest BCUT2D eigenvalue weighted by atomic mass is 10.00. The number of hydrogen-bond acceptors (Lipinski definition) is 5. The first-order valence-corrected chi connectivity index (χ1v) is 11.0. The second kappa shape index (κ2) is 9.67. The zero-order chi connectivity index (χ0) is 24.4. The Morgan fingerprint density at radius 1 is 1.24 bits per heavy atom. The number of carbonyl (C=O) groups is 1. The van der Waals surface area contributed by atoms with Crippen molar-refractivity contribution in [3.8, 4) is 16.9 Å². The van der Waals surface area contributed by atoms with E-state index in [4.69, 9.17) is 16.3 Å². The molecule has 10 heteroatoms. The van der Waals surface area contributed by atoms with Gasteiger partial charge in [0.2, 0.25) is 0 Å². The Bertz CT molecular complexity index is 1010. The lowest BCUT2D eigenvalue weighted by Gasteiger charge is -2.36. The molecule has 1 aromatic carbocycles. The summed E-state index contributed by atoms with van der Waals surface area (Å²) in [5.41, 5.74) is 1.94. The number of alkyl carbamates (subject to hydrolysis) is 1. The Balaban J connectivity index is 1.84. The van der Waals surface area contributed by atoms with Crippen LogP contribution in [-0.2, 0) is 4.74 Å². The molecule has 0 spiro atoms. The van der Waals surface area contributed by atoms with Crippen LogP contribution in [0.4, 0.5) is 23.7 Å². The van der Waals surface area contributed by atoms with Crippen molar-refractivity contribution in [3.63, 3.8) is 0 Å². The van der Waals surface area contributed by atoms with Gasteiger partial charge in [0.15, 0.2) is 0 Å². The number of piperidine rings is 1. The first-order chi connectivity index (χ1) is 15.3. The number of benzene rings is 1. The molecule has 1 saturated heterocycles. The van der Waals surface area contributed by atoms with E-state index in [-0.39, 0.29) is 11.8 Å². The van der Waals surface area contributed by atoms with Gasteiger partial charge in [-0.2, -0.15) is 0 Å². The summed E-state index contributed by atoms with van der Waals surface area (Å²) >= 11 is 6.17. The molecule has 180 valence electrons. The van der Waals surface area contributed by atoms with Gasteiger partial charge in [-0.15, -0.1) is 13.2 Å². The topological polar surface area (TPSA) is 63.7 Å². The number of carbonyl (C=O) groups excluding carboxylic acids is 1. The Morgan fingerprint density at radius 2 is 1.97 bits per heavy atom. The fraction of sp³-hybridized carbons (Fsp3) is 0.478. The van der Waals surface area contributed by atoms with E-state index < -0.39 is 18.1 Å². The van der Waals surface area contributed by atoms with Crippen LogP contribution in [0, 0.1) is 6.92 Å². The van der Waals surface area contributed by atoms with E-state index in [0.29, 0.717) is 22.8 Å². The molecule has 0 unspecified atom stereocenters. The summed E-state index contributed by atoms with van der Waals surface area (Å²) in [6, 6.07) is 6.07. The minimum absolute atomic E-state index is 0.127. The maximum atomic E-state index is 12.6. The normalized spacial score (nSPS) is 17.0. The number of nitrogens with one attached hydrogen (secondary N) is 1. The van der Waals surface area contributed by atoms with Crippen LogP contribution in [0.3, 0.4) is 0 Å². The zero-order valence-corrected chi connectivity index (χ0v) is 19.7. The van der Waals surface area contributed by atoms with E-state index in [2.05, 4.69) is 19.9 Å². The van der Waals surface area contributed by atoms with Crippen molar-refractivity contribution in [3.05, 3.63) is 41.2 Å². The second-order valence-corrected chi connectivity index (χ2v) is 9.37. The molecule has 1 N–H and O–H groups in total. The highest BCUT2D eigenvalue weighted by Gasteiger charge is 2.32. The first kappa shape index (κ1) is 25.0. The highest BCUT2D eigenvalue weighted by Crippen LogP contribution is 2.36. The summed E-state index contributed by atoms with van der Waals surface area (Å²) in [4.78, 5) is 18.5. The van der Waals surface area contributed by atoms with Gasteiger partial charge < -0.3 is 19.7 Å². The van der Waals surface area contributed by atoms with Gasteiger partial charge in [-0.05, 0) is 69.9 Å². The highest BCUT2D eigenvalue weighted by atomic mass is 35.5. The number of aromatic nitrogens is 1. The van der Waals surface area contributed by atoms with Crippen molar-refractivity contribution in [2.45, 2.75) is 58.5 Å². The number of ether oxygens (including phenoxy) is 2. The minimum atomic E-state index is -4.76. The Hall–Kier alpha value is -2.68. The first-order valence-electron chi connectivity index (χ1n) is 10.6. The predicted octanol–water partition coefficient (Wildman–Crippen LogP) is 6.10. The van der Waals surface area contributed by atoms with Crippen LogP contribution < -0.4 is 15.0 Å². The molecule has 2 aromatic rings. The standard InChI is InChI=1S/C23H27ClF3N3O3/c1-14-10-15(7-8-19(14)32-23(25,26)27)17-12-28-20(24)11-18(17)30-9-5-6-16(13-30)29-21(31)33-22(2,3)4/h7-8,10-12,16H,5-6,9,13H2,1-4H3,(H,29,31)/t16-/m0/s1. The molecule has 1 aliphatic heterocycles. The van der Waals surface area contributed by atoms with E-state index in [9.17, 15) is 18.0 Å². The van der Waals surface area contributed by atoms with Crippen LogP contribution in [0.15, 0.2) is 30.5 Å². The molecular formula is C23H27ClF3N3O3. The number of halogens is 4. The van der Waals surface area contributed by atoms with Crippen molar-refractivity contribution < 1.29 is 27.4 Å². The van der Waals surface area contributed by atoms with Crippen LogP contribution in [-0.4, -0.2) is 42.2 Å². The molecule has 0 aliphatic carbocycles. The molecule has 0 bridgehead atoms. The number of pyridine rings is 1. The summed E-state index contributed by atoms with van der Waals surface area (Å²) in [7, 11) is 0. The van der Waals surface area contributed by atoms with Crippen LogP contribution in [0.25, 0.3) is 11.1 Å². The van der Waals surface area contributed by atoms with Crippen LogP contribution in [0.1, 0.15) is 39.2 Å². The molecule has 1 amide bonds. The third-order valence-corrected chi connectivity index (χ3v) is 5.25. The van der Waals surface area contributed by atoms with Crippen LogP contribution >= 0.6 is 11.6 Å². The lowest BCUT2D eigenvalue weighted by molar-refractivity contribution is -0.274. The second-order valence-electron chi connectivity index (χ2n) is 8.98. The summed E-state index contributed by atoms with van der Waals surface area (Å²) in [5, 5.41) is 3.21. The Morgan fingerprint density at radius 3 is 2.61 bits per heavy atom. The number of amides is 1. The summed E-state index contributed by atoms with van der Waals surface area (Å²) in [6.45, 7) is 8.22. The average Bonchev–Trinajstić information content (AvgIpc) is 2.67. The molecule has 3 rings (SSSR count). The Labute approximate surface area is 196 Å². The molecule has 33 heavy (non-hydrogen) atoms. The van der Waals surface area contributed by atoms with Gasteiger partial charge in [0.25, 0.3) is 0 Å². The van der Waals surface area contributed by atoms with Gasteiger partial charge in [0, 0.05) is 36.6 Å². The number of rotatable bonds is 4. The van der Waals surface area contributed by atoms with Crippen LogP contribution in [0.2, 0.25) is 5.15 Å². The van der Waals surface area contributed by atoms with E-state index in [1.165, 1.54) is 6.07 Å². The third kappa shape index (κ3) is 7.15. The molecular weight excluding hydrogens is 459 g/mol. The van der Waals surface area contributed by atoms with E-state index in [1.807, 2.05) is 0 Å². The van der Waals surface area contributed by atoms with Gasteiger partial charge >= 0.3 is 12.5 Å². The van der Waals surface area contributed by atoms with Crippen molar-refractivity contribution in [1.82, 2.24) is 10.3 Å². The fourth-order valence-corrected chi connectivity index (χ4v) is 3.90. The molecule has 0 radical (unpaired) electrons. The van der Waals surface area contributed by atoms with Gasteiger partial charge in [0.05, 0.1) is 0 Å². The van der Waals surface area contributed by atoms with E-state index >= 15 is 0 Å². The highest BCUT2D eigenvalue weighted by molar-refractivity contribution is 6.29. The number of alkyl halides is 3. The third-order valence-electron chi connectivity index (χ3n) is 5.04. The van der Waals surface area contributed by atoms with Crippen LogP contribution in [0.5, 0.6) is 5.75 Å². The summed E-state index contributed by atoms with van der Waals surface area (Å²) in [5.74, 6) is -0.255. The molecule has 1 atom stereocenters. The maximum Gasteiger partial charge on any atom is 0.573 e. The Kier molecular flexibility index (Phi) is 7.31. The molecule has 2 heterocycles. The van der Waals surface area contributed by atoms with E-state index in [0.717, 1.165) is 30.6 Å². The average molecular weight is 486 g/mol. The van der Waals surface area contributed by atoms with Gasteiger partial charge in [-0.3, -0.25) is 0 Å². The minimum Gasteiger partial charge on any atom is -0.444 e. The monoisotopic (exact) mass is 485 g/mol. The number of hydrogen-bond donors (Lipinski definition) is 1. The largest absolute Gasteiger partial charge is 0.573 e. The van der Waals surface area contributed by atoms with E-state index in [1.54, 1.807) is 52.1 Å². The quantitative estimate of drug-likeness (QED) is 0.530. The SMILES string of the molecule is Cc1cc(-c2cnc(Cl)cc2N2CCC[C@H](NC(=O)OC(C)(C)C)C2)ccc1OC(F)(F)F. The molecule has 0 saturated carbocycles. The number of anilines is 1. The number of nitrogens with zero attached hydrogens (tertiary/aromatic N) is 2. The van der Waals surface area contributed by atoms with Crippen molar-refractivity contribution in [2.75, 3.05) is 18.0 Å². The van der Waals surface area contributed by atoms with Crippen molar-refractivity contribution >= 4 is 23.4 Å². The van der Waals surface area contributed by atoms with Gasteiger partial charge in [0.1, 0.15) is 16.5 Å². The van der Waals surface area contributed by atoms with Gasteiger partial charge in [-0.25, -0.2) is 9.78 Å². The predicted molar refractivity (Wildman–Crippen MR) is 121 cm³/mol.